The number of hydrogen-bond acceptors (Lipinski definition) is 3. The molecule has 2 fully saturated rings. The quantitative estimate of drug-likeness (QED) is 0.347. The van der Waals surface area contributed by atoms with Crippen molar-refractivity contribution in [3.8, 4) is 0 Å². The van der Waals surface area contributed by atoms with Crippen LogP contribution in [0.3, 0.4) is 0 Å². The van der Waals surface area contributed by atoms with E-state index in [1.165, 1.54) is 25.7 Å². The first-order valence-corrected chi connectivity index (χ1v) is 8.81. The van der Waals surface area contributed by atoms with Gasteiger partial charge in [0, 0.05) is 32.2 Å². The Morgan fingerprint density at radius 2 is 2.00 bits per heavy atom. The average molecular weight is 439 g/mol. The van der Waals surface area contributed by atoms with Gasteiger partial charge >= 0.3 is 0 Å². The van der Waals surface area contributed by atoms with Crippen molar-refractivity contribution in [2.24, 2.45) is 16.3 Å². The summed E-state index contributed by atoms with van der Waals surface area (Å²) in [6.45, 7) is 8.64. The zero-order valence-electron chi connectivity index (χ0n) is 14.9. The average Bonchev–Trinajstić information content (AvgIpc) is 3.02. The van der Waals surface area contributed by atoms with Crippen LogP contribution in [0.2, 0.25) is 0 Å². The van der Waals surface area contributed by atoms with E-state index in [1.807, 2.05) is 7.05 Å². The van der Waals surface area contributed by atoms with Gasteiger partial charge in [-0.1, -0.05) is 19.8 Å². The van der Waals surface area contributed by atoms with Crippen molar-refractivity contribution >= 4 is 29.9 Å². The summed E-state index contributed by atoms with van der Waals surface area (Å²) in [6, 6.07) is 0. The van der Waals surface area contributed by atoms with Crippen molar-refractivity contribution in [1.82, 2.24) is 10.6 Å². The van der Waals surface area contributed by atoms with E-state index in [2.05, 4.69) is 29.5 Å². The first kappa shape index (κ1) is 21.0. The molecule has 0 amide bonds. The zero-order valence-corrected chi connectivity index (χ0v) is 17.2. The predicted octanol–water partition coefficient (Wildman–Crippen LogP) is 2.79. The van der Waals surface area contributed by atoms with Crippen LogP contribution in [0.1, 0.15) is 46.0 Å². The molecule has 0 aromatic heterocycles. The van der Waals surface area contributed by atoms with Gasteiger partial charge < -0.3 is 20.1 Å². The third-order valence-corrected chi connectivity index (χ3v) is 4.83. The summed E-state index contributed by atoms with van der Waals surface area (Å²) in [5.74, 6) is 1.64. The van der Waals surface area contributed by atoms with E-state index in [-0.39, 0.29) is 29.4 Å². The lowest BCUT2D eigenvalue weighted by Crippen LogP contribution is -2.51. The van der Waals surface area contributed by atoms with Gasteiger partial charge in [0.05, 0.1) is 19.3 Å². The Morgan fingerprint density at radius 3 is 2.52 bits per heavy atom. The van der Waals surface area contributed by atoms with Gasteiger partial charge in [0.1, 0.15) is 0 Å². The van der Waals surface area contributed by atoms with Gasteiger partial charge in [-0.25, -0.2) is 0 Å². The van der Waals surface area contributed by atoms with Crippen LogP contribution in [0.4, 0.5) is 0 Å². The highest BCUT2D eigenvalue weighted by Gasteiger charge is 2.33. The Labute approximate surface area is 158 Å². The number of hydrogen-bond donors (Lipinski definition) is 2. The molecule has 0 aromatic carbocycles. The summed E-state index contributed by atoms with van der Waals surface area (Å²) in [5.41, 5.74) is 0.259. The summed E-state index contributed by atoms with van der Waals surface area (Å²) < 4.78 is 11.2. The Hall–Kier alpha value is -0.0800. The lowest BCUT2D eigenvalue weighted by Gasteiger charge is -2.38. The molecule has 0 spiro atoms. The van der Waals surface area contributed by atoms with Crippen molar-refractivity contribution in [2.75, 3.05) is 40.0 Å². The van der Waals surface area contributed by atoms with Crippen LogP contribution in [-0.4, -0.2) is 52.0 Å². The van der Waals surface area contributed by atoms with Crippen molar-refractivity contribution in [3.05, 3.63) is 0 Å². The highest BCUT2D eigenvalue weighted by atomic mass is 127. The number of ether oxygens (including phenoxy) is 2. The van der Waals surface area contributed by atoms with Crippen molar-refractivity contribution in [3.63, 3.8) is 0 Å². The largest absolute Gasteiger partial charge is 0.380 e. The third-order valence-electron chi connectivity index (χ3n) is 4.83. The Bertz CT molecular complexity index is 356. The fourth-order valence-corrected chi connectivity index (χ4v) is 3.40. The van der Waals surface area contributed by atoms with Gasteiger partial charge in [-0.05, 0) is 32.1 Å². The minimum atomic E-state index is 0. The van der Waals surface area contributed by atoms with E-state index < -0.39 is 0 Å². The van der Waals surface area contributed by atoms with Gasteiger partial charge in [-0.3, -0.25) is 4.99 Å². The van der Waals surface area contributed by atoms with E-state index in [0.717, 1.165) is 51.2 Å². The van der Waals surface area contributed by atoms with Crippen molar-refractivity contribution in [2.45, 2.75) is 52.1 Å². The molecule has 1 atom stereocenters. The minimum absolute atomic E-state index is 0. The fourth-order valence-electron chi connectivity index (χ4n) is 3.40. The van der Waals surface area contributed by atoms with E-state index >= 15 is 0 Å². The molecule has 6 heteroatoms. The summed E-state index contributed by atoms with van der Waals surface area (Å²) in [5, 5.41) is 6.83. The molecule has 5 nitrogen and oxygen atoms in total. The van der Waals surface area contributed by atoms with Crippen LogP contribution >= 0.6 is 24.0 Å². The van der Waals surface area contributed by atoms with Gasteiger partial charge in [-0.2, -0.15) is 0 Å². The number of aliphatic imine (C=N–C) groups is 1. The molecule has 1 heterocycles. The highest BCUT2D eigenvalue weighted by molar-refractivity contribution is 14.0. The van der Waals surface area contributed by atoms with E-state index in [0.29, 0.717) is 6.10 Å². The Kier molecular flexibility index (Phi) is 9.77. The molecule has 2 N–H and O–H groups in total. The lowest BCUT2D eigenvalue weighted by atomic mass is 9.89. The summed E-state index contributed by atoms with van der Waals surface area (Å²) in [7, 11) is 1.83. The fraction of sp³-hybridized carbons (Fsp3) is 0.941. The third kappa shape index (κ3) is 6.74. The molecule has 136 valence electrons. The van der Waals surface area contributed by atoms with Crippen LogP contribution in [0.5, 0.6) is 0 Å². The molecule has 1 saturated carbocycles. The standard InChI is InChI=1S/C17H33N3O2.HI/c1-4-22-15(14-7-5-6-8-14)9-10-19-16(18-3)20-11-17(2)12-21-13-17;/h14-15H,4-13H2,1-3H3,(H2,18,19,20);1H. The molecular formula is C17H34IN3O2. The van der Waals surface area contributed by atoms with E-state index in [9.17, 15) is 0 Å². The van der Waals surface area contributed by atoms with Gasteiger partial charge in [0.15, 0.2) is 5.96 Å². The van der Waals surface area contributed by atoms with Crippen molar-refractivity contribution in [1.29, 1.82) is 0 Å². The topological polar surface area (TPSA) is 54.9 Å². The van der Waals surface area contributed by atoms with E-state index in [4.69, 9.17) is 9.47 Å². The monoisotopic (exact) mass is 439 g/mol. The van der Waals surface area contributed by atoms with Crippen molar-refractivity contribution < 1.29 is 9.47 Å². The molecule has 1 aliphatic heterocycles. The molecule has 2 rings (SSSR count). The lowest BCUT2D eigenvalue weighted by molar-refractivity contribution is -0.0971. The van der Waals surface area contributed by atoms with Crippen LogP contribution in [0.15, 0.2) is 4.99 Å². The minimum Gasteiger partial charge on any atom is -0.380 e. The van der Waals surface area contributed by atoms with Gasteiger partial charge in [0.25, 0.3) is 0 Å². The second-order valence-electron chi connectivity index (χ2n) is 6.98. The first-order chi connectivity index (χ1) is 10.7. The Balaban J connectivity index is 0.00000264. The van der Waals surface area contributed by atoms with Gasteiger partial charge in [-0.15, -0.1) is 24.0 Å². The molecule has 0 aromatic rings. The summed E-state index contributed by atoms with van der Waals surface area (Å²) in [6.07, 6.45) is 6.85. The normalized spacial score (nSPS) is 22.1. The maximum absolute atomic E-state index is 5.97. The molecule has 1 aliphatic carbocycles. The van der Waals surface area contributed by atoms with Crippen LogP contribution in [0, 0.1) is 11.3 Å². The molecular weight excluding hydrogens is 405 g/mol. The summed E-state index contributed by atoms with van der Waals surface area (Å²) in [4.78, 5) is 4.30. The number of rotatable bonds is 8. The van der Waals surface area contributed by atoms with Crippen LogP contribution in [0.25, 0.3) is 0 Å². The van der Waals surface area contributed by atoms with Gasteiger partial charge in [0.2, 0.25) is 0 Å². The smallest absolute Gasteiger partial charge is 0.191 e. The molecule has 1 unspecified atom stereocenters. The highest BCUT2D eigenvalue weighted by Crippen LogP contribution is 2.30. The molecule has 2 aliphatic rings. The van der Waals surface area contributed by atoms with Crippen LogP contribution in [-0.2, 0) is 9.47 Å². The maximum Gasteiger partial charge on any atom is 0.191 e. The van der Waals surface area contributed by atoms with Crippen LogP contribution < -0.4 is 10.6 Å². The number of nitrogens with one attached hydrogen (secondary N) is 2. The first-order valence-electron chi connectivity index (χ1n) is 8.81. The maximum atomic E-state index is 5.97. The number of halogens is 1. The Morgan fingerprint density at radius 1 is 1.30 bits per heavy atom. The molecule has 23 heavy (non-hydrogen) atoms. The number of guanidine groups is 1. The second-order valence-corrected chi connectivity index (χ2v) is 6.98. The zero-order chi connectivity index (χ0) is 15.8. The summed E-state index contributed by atoms with van der Waals surface area (Å²) >= 11 is 0. The molecule has 1 saturated heterocycles. The number of nitrogens with zero attached hydrogens (tertiary/aromatic N) is 1. The van der Waals surface area contributed by atoms with E-state index in [1.54, 1.807) is 0 Å². The predicted molar refractivity (Wildman–Crippen MR) is 106 cm³/mol. The SMILES string of the molecule is CCOC(CCNC(=NC)NCC1(C)COC1)C1CCCC1.I. The molecule has 0 radical (unpaired) electrons. The molecule has 0 bridgehead atoms. The second kappa shape index (κ2) is 10.7.